The standard InChI is InChI=1S/C12H14Cl2O3/c1-8(2)16-3-4-17-12(15)9-5-10(13)7-11(14)6-9/h5-8H,3-4H2,1-2H3. The van der Waals surface area contributed by atoms with E-state index in [1.54, 1.807) is 6.07 Å². The molecule has 0 aliphatic carbocycles. The quantitative estimate of drug-likeness (QED) is 0.609. The molecule has 0 aromatic heterocycles. The summed E-state index contributed by atoms with van der Waals surface area (Å²) >= 11 is 11.6. The normalized spacial score (nSPS) is 10.6. The van der Waals surface area contributed by atoms with Crippen molar-refractivity contribution in [2.45, 2.75) is 20.0 Å². The van der Waals surface area contributed by atoms with E-state index < -0.39 is 5.97 Å². The molecule has 0 saturated carbocycles. The van der Waals surface area contributed by atoms with Crippen molar-refractivity contribution in [3.63, 3.8) is 0 Å². The lowest BCUT2D eigenvalue weighted by molar-refractivity contribution is 0.0177. The maximum atomic E-state index is 11.6. The molecule has 94 valence electrons. The number of benzene rings is 1. The van der Waals surface area contributed by atoms with Crippen LogP contribution in [0.1, 0.15) is 24.2 Å². The molecule has 0 spiro atoms. The van der Waals surface area contributed by atoms with Gasteiger partial charge in [-0.1, -0.05) is 23.2 Å². The molecule has 0 aliphatic rings. The topological polar surface area (TPSA) is 35.5 Å². The minimum absolute atomic E-state index is 0.120. The van der Waals surface area contributed by atoms with Crippen LogP contribution < -0.4 is 0 Å². The van der Waals surface area contributed by atoms with Crippen molar-refractivity contribution < 1.29 is 14.3 Å². The van der Waals surface area contributed by atoms with Gasteiger partial charge < -0.3 is 9.47 Å². The van der Waals surface area contributed by atoms with Crippen LogP contribution in [0.15, 0.2) is 18.2 Å². The molecule has 1 aromatic rings. The van der Waals surface area contributed by atoms with E-state index in [0.29, 0.717) is 22.2 Å². The van der Waals surface area contributed by atoms with Crippen molar-refractivity contribution >= 4 is 29.2 Å². The molecular formula is C12H14Cl2O3. The minimum Gasteiger partial charge on any atom is -0.460 e. The summed E-state index contributed by atoms with van der Waals surface area (Å²) < 4.78 is 10.3. The molecule has 0 saturated heterocycles. The molecule has 1 aromatic carbocycles. The molecule has 0 N–H and O–H groups in total. The Hall–Kier alpha value is -0.770. The molecule has 3 nitrogen and oxygen atoms in total. The second kappa shape index (κ2) is 6.84. The number of esters is 1. The summed E-state index contributed by atoms with van der Waals surface area (Å²) in [6.07, 6.45) is 0.120. The van der Waals surface area contributed by atoms with Crippen molar-refractivity contribution in [3.8, 4) is 0 Å². The summed E-state index contributed by atoms with van der Waals surface area (Å²) in [5, 5.41) is 0.811. The first-order valence-corrected chi connectivity index (χ1v) is 5.99. The van der Waals surface area contributed by atoms with Gasteiger partial charge in [0, 0.05) is 10.0 Å². The van der Waals surface area contributed by atoms with Gasteiger partial charge in [-0.3, -0.25) is 0 Å². The smallest absolute Gasteiger partial charge is 0.338 e. The Labute approximate surface area is 111 Å². The number of halogens is 2. The third kappa shape index (κ3) is 5.39. The summed E-state index contributed by atoms with van der Waals surface area (Å²) in [4.78, 5) is 11.6. The van der Waals surface area contributed by atoms with E-state index in [1.165, 1.54) is 12.1 Å². The Morgan fingerprint density at radius 2 is 1.76 bits per heavy atom. The fourth-order valence-corrected chi connectivity index (χ4v) is 1.70. The Morgan fingerprint density at radius 3 is 2.29 bits per heavy atom. The number of hydrogen-bond donors (Lipinski definition) is 0. The second-order valence-corrected chi connectivity index (χ2v) is 4.59. The summed E-state index contributed by atoms with van der Waals surface area (Å²) in [6.45, 7) is 4.41. The molecule has 17 heavy (non-hydrogen) atoms. The van der Waals surface area contributed by atoms with E-state index in [0.717, 1.165) is 0 Å². The first-order chi connectivity index (χ1) is 7.99. The zero-order chi connectivity index (χ0) is 12.8. The molecule has 0 bridgehead atoms. The Bertz CT molecular complexity index is 371. The van der Waals surface area contributed by atoms with Crippen LogP contribution in [0.3, 0.4) is 0 Å². The van der Waals surface area contributed by atoms with Gasteiger partial charge in [0.25, 0.3) is 0 Å². The van der Waals surface area contributed by atoms with Crippen molar-refractivity contribution in [3.05, 3.63) is 33.8 Å². The van der Waals surface area contributed by atoms with Gasteiger partial charge in [-0.25, -0.2) is 4.79 Å². The third-order valence-electron chi connectivity index (χ3n) is 1.87. The van der Waals surface area contributed by atoms with E-state index in [4.69, 9.17) is 32.7 Å². The van der Waals surface area contributed by atoms with Crippen molar-refractivity contribution in [2.75, 3.05) is 13.2 Å². The first kappa shape index (κ1) is 14.3. The van der Waals surface area contributed by atoms with E-state index in [2.05, 4.69) is 0 Å². The molecule has 1 rings (SSSR count). The number of hydrogen-bond acceptors (Lipinski definition) is 3. The molecule has 5 heteroatoms. The van der Waals surface area contributed by atoms with Crippen LogP contribution >= 0.6 is 23.2 Å². The number of ether oxygens (including phenoxy) is 2. The summed E-state index contributed by atoms with van der Waals surface area (Å²) in [5.74, 6) is -0.457. The van der Waals surface area contributed by atoms with Gasteiger partial charge in [0.05, 0.1) is 18.3 Å². The SMILES string of the molecule is CC(C)OCCOC(=O)c1cc(Cl)cc(Cl)c1. The predicted octanol–water partition coefficient (Wildman–Crippen LogP) is 3.58. The fraction of sp³-hybridized carbons (Fsp3) is 0.417. The molecule has 0 radical (unpaired) electrons. The fourth-order valence-electron chi connectivity index (χ4n) is 1.17. The van der Waals surface area contributed by atoms with E-state index in [-0.39, 0.29) is 12.7 Å². The van der Waals surface area contributed by atoms with Crippen LogP contribution in [0, 0.1) is 0 Å². The van der Waals surface area contributed by atoms with E-state index >= 15 is 0 Å². The maximum absolute atomic E-state index is 11.6. The number of rotatable bonds is 5. The van der Waals surface area contributed by atoms with Crippen molar-refractivity contribution in [2.24, 2.45) is 0 Å². The van der Waals surface area contributed by atoms with Crippen LogP contribution in [0.25, 0.3) is 0 Å². The number of carbonyl (C=O) groups is 1. The van der Waals surface area contributed by atoms with Gasteiger partial charge in [0.1, 0.15) is 6.61 Å². The van der Waals surface area contributed by atoms with Gasteiger partial charge in [0.15, 0.2) is 0 Å². The van der Waals surface area contributed by atoms with Gasteiger partial charge >= 0.3 is 5.97 Å². The lowest BCUT2D eigenvalue weighted by Gasteiger charge is -2.08. The molecule has 0 atom stereocenters. The van der Waals surface area contributed by atoms with Gasteiger partial charge in [-0.05, 0) is 32.0 Å². The highest BCUT2D eigenvalue weighted by Gasteiger charge is 2.09. The molecule has 0 aliphatic heterocycles. The van der Waals surface area contributed by atoms with Crippen LogP contribution in [0.4, 0.5) is 0 Å². The average Bonchev–Trinajstić information content (AvgIpc) is 2.22. The molecule has 0 amide bonds. The third-order valence-corrected chi connectivity index (χ3v) is 2.30. The second-order valence-electron chi connectivity index (χ2n) is 3.71. The minimum atomic E-state index is -0.457. The first-order valence-electron chi connectivity index (χ1n) is 5.24. The van der Waals surface area contributed by atoms with Crippen LogP contribution in [0.5, 0.6) is 0 Å². The summed E-state index contributed by atoms with van der Waals surface area (Å²) in [7, 11) is 0. The van der Waals surface area contributed by atoms with Gasteiger partial charge in [-0.2, -0.15) is 0 Å². The number of carbonyl (C=O) groups excluding carboxylic acids is 1. The zero-order valence-corrected chi connectivity index (χ0v) is 11.2. The Kier molecular flexibility index (Phi) is 5.75. The Balaban J connectivity index is 2.47. The van der Waals surface area contributed by atoms with Gasteiger partial charge in [-0.15, -0.1) is 0 Å². The molecule has 0 fully saturated rings. The van der Waals surface area contributed by atoms with Crippen LogP contribution in [-0.2, 0) is 9.47 Å². The highest BCUT2D eigenvalue weighted by atomic mass is 35.5. The average molecular weight is 277 g/mol. The summed E-state index contributed by atoms with van der Waals surface area (Å²) in [6, 6.07) is 4.58. The van der Waals surface area contributed by atoms with E-state index in [9.17, 15) is 4.79 Å². The largest absolute Gasteiger partial charge is 0.460 e. The highest BCUT2D eigenvalue weighted by molar-refractivity contribution is 6.35. The Morgan fingerprint density at radius 1 is 1.18 bits per heavy atom. The van der Waals surface area contributed by atoms with Crippen LogP contribution in [-0.4, -0.2) is 25.3 Å². The van der Waals surface area contributed by atoms with Crippen molar-refractivity contribution in [1.82, 2.24) is 0 Å². The summed E-state index contributed by atoms with van der Waals surface area (Å²) in [5.41, 5.74) is 0.340. The van der Waals surface area contributed by atoms with Crippen molar-refractivity contribution in [1.29, 1.82) is 0 Å². The maximum Gasteiger partial charge on any atom is 0.338 e. The molecular weight excluding hydrogens is 263 g/mol. The van der Waals surface area contributed by atoms with Crippen LogP contribution in [0.2, 0.25) is 10.0 Å². The zero-order valence-electron chi connectivity index (χ0n) is 9.70. The van der Waals surface area contributed by atoms with E-state index in [1.807, 2.05) is 13.8 Å². The predicted molar refractivity (Wildman–Crippen MR) is 67.8 cm³/mol. The molecule has 0 unspecified atom stereocenters. The monoisotopic (exact) mass is 276 g/mol. The lowest BCUT2D eigenvalue weighted by Crippen LogP contribution is -2.13. The molecule has 0 heterocycles. The lowest BCUT2D eigenvalue weighted by atomic mass is 10.2. The highest BCUT2D eigenvalue weighted by Crippen LogP contribution is 2.19. The van der Waals surface area contributed by atoms with Gasteiger partial charge in [0.2, 0.25) is 0 Å².